The van der Waals surface area contributed by atoms with Crippen molar-refractivity contribution in [3.63, 3.8) is 0 Å². The third kappa shape index (κ3) is 4.57. The summed E-state index contributed by atoms with van der Waals surface area (Å²) >= 11 is 0. The molecule has 0 fully saturated rings. The summed E-state index contributed by atoms with van der Waals surface area (Å²) in [5.74, 6) is 0.0339. The van der Waals surface area contributed by atoms with E-state index in [9.17, 15) is 9.18 Å². The SMILES string of the molecule is C=CCc1ccc(OCC(=O)Nc2ccccc2F)c(OC)c1. The monoisotopic (exact) mass is 315 g/mol. The molecule has 0 saturated heterocycles. The maximum absolute atomic E-state index is 13.5. The largest absolute Gasteiger partial charge is 0.493 e. The molecular weight excluding hydrogens is 297 g/mol. The minimum Gasteiger partial charge on any atom is -0.493 e. The topological polar surface area (TPSA) is 47.6 Å². The Morgan fingerprint density at radius 2 is 2.04 bits per heavy atom. The summed E-state index contributed by atoms with van der Waals surface area (Å²) < 4.78 is 24.2. The number of ether oxygens (including phenoxy) is 2. The molecule has 1 N–H and O–H groups in total. The van der Waals surface area contributed by atoms with E-state index in [0.717, 1.165) is 5.56 Å². The second kappa shape index (κ2) is 7.98. The first-order valence-corrected chi connectivity index (χ1v) is 7.09. The molecular formula is C18H18FNO3. The van der Waals surface area contributed by atoms with Crippen LogP contribution in [0.25, 0.3) is 0 Å². The fourth-order valence-corrected chi connectivity index (χ4v) is 2.02. The van der Waals surface area contributed by atoms with Crippen LogP contribution < -0.4 is 14.8 Å². The number of anilines is 1. The molecule has 0 spiro atoms. The van der Waals surface area contributed by atoms with E-state index in [1.165, 1.54) is 19.2 Å². The molecule has 0 aliphatic rings. The van der Waals surface area contributed by atoms with Crippen molar-refractivity contribution in [3.8, 4) is 11.5 Å². The number of hydrogen-bond donors (Lipinski definition) is 1. The summed E-state index contributed by atoms with van der Waals surface area (Å²) in [5.41, 5.74) is 1.15. The number of para-hydroxylation sites is 1. The highest BCUT2D eigenvalue weighted by Crippen LogP contribution is 2.28. The lowest BCUT2D eigenvalue weighted by atomic mass is 10.1. The van der Waals surface area contributed by atoms with Gasteiger partial charge < -0.3 is 14.8 Å². The van der Waals surface area contributed by atoms with Crippen molar-refractivity contribution in [2.45, 2.75) is 6.42 Å². The van der Waals surface area contributed by atoms with E-state index in [1.54, 1.807) is 24.3 Å². The van der Waals surface area contributed by atoms with E-state index in [0.29, 0.717) is 17.9 Å². The van der Waals surface area contributed by atoms with Crippen molar-refractivity contribution >= 4 is 11.6 Å². The maximum atomic E-state index is 13.5. The third-order valence-corrected chi connectivity index (χ3v) is 3.11. The second-order valence-corrected chi connectivity index (χ2v) is 4.79. The molecule has 2 aromatic rings. The van der Waals surface area contributed by atoms with Gasteiger partial charge in [-0.15, -0.1) is 6.58 Å². The number of allylic oxidation sites excluding steroid dienone is 1. The molecule has 23 heavy (non-hydrogen) atoms. The van der Waals surface area contributed by atoms with Gasteiger partial charge in [0.2, 0.25) is 0 Å². The average molecular weight is 315 g/mol. The van der Waals surface area contributed by atoms with Gasteiger partial charge in [0.05, 0.1) is 12.8 Å². The summed E-state index contributed by atoms with van der Waals surface area (Å²) in [5, 5.41) is 2.46. The summed E-state index contributed by atoms with van der Waals surface area (Å²) in [6.07, 6.45) is 2.50. The number of nitrogens with one attached hydrogen (secondary N) is 1. The van der Waals surface area contributed by atoms with Crippen LogP contribution in [-0.2, 0) is 11.2 Å². The minimum absolute atomic E-state index is 0.120. The van der Waals surface area contributed by atoms with Crippen molar-refractivity contribution in [3.05, 3.63) is 66.5 Å². The van der Waals surface area contributed by atoms with Gasteiger partial charge in [0.15, 0.2) is 18.1 Å². The van der Waals surface area contributed by atoms with Gasteiger partial charge in [0.1, 0.15) is 5.82 Å². The highest BCUT2D eigenvalue weighted by Gasteiger charge is 2.10. The lowest BCUT2D eigenvalue weighted by molar-refractivity contribution is -0.118. The van der Waals surface area contributed by atoms with Gasteiger partial charge in [0, 0.05) is 0 Å². The highest BCUT2D eigenvalue weighted by molar-refractivity contribution is 5.92. The second-order valence-electron chi connectivity index (χ2n) is 4.79. The Labute approximate surface area is 134 Å². The normalized spacial score (nSPS) is 10.0. The summed E-state index contributed by atoms with van der Waals surface area (Å²) in [4.78, 5) is 11.9. The number of hydrogen-bond acceptors (Lipinski definition) is 3. The van der Waals surface area contributed by atoms with Crippen molar-refractivity contribution < 1.29 is 18.7 Å². The smallest absolute Gasteiger partial charge is 0.262 e. The molecule has 2 rings (SSSR count). The van der Waals surface area contributed by atoms with E-state index < -0.39 is 11.7 Å². The fourth-order valence-electron chi connectivity index (χ4n) is 2.02. The van der Waals surface area contributed by atoms with Crippen LogP contribution in [0.5, 0.6) is 11.5 Å². The van der Waals surface area contributed by atoms with Crippen LogP contribution in [0.3, 0.4) is 0 Å². The number of carbonyl (C=O) groups excluding carboxylic acids is 1. The Bertz CT molecular complexity index is 700. The van der Waals surface area contributed by atoms with E-state index in [1.807, 2.05) is 12.1 Å². The summed E-state index contributed by atoms with van der Waals surface area (Å²) in [6.45, 7) is 3.44. The molecule has 0 atom stereocenters. The van der Waals surface area contributed by atoms with Gasteiger partial charge in [-0.25, -0.2) is 4.39 Å². The first-order chi connectivity index (χ1) is 11.1. The quantitative estimate of drug-likeness (QED) is 0.795. The number of benzene rings is 2. The molecule has 4 nitrogen and oxygen atoms in total. The lowest BCUT2D eigenvalue weighted by Gasteiger charge is -2.12. The Morgan fingerprint density at radius 3 is 2.74 bits per heavy atom. The number of halogens is 1. The molecule has 0 saturated carbocycles. The van der Waals surface area contributed by atoms with Crippen LogP contribution in [0.4, 0.5) is 10.1 Å². The zero-order valence-electron chi connectivity index (χ0n) is 12.8. The molecule has 0 heterocycles. The molecule has 0 aromatic heterocycles. The molecule has 0 aliphatic carbocycles. The summed E-state index contributed by atoms with van der Waals surface area (Å²) in [6, 6.07) is 11.4. The Kier molecular flexibility index (Phi) is 5.74. The molecule has 0 bridgehead atoms. The van der Waals surface area contributed by atoms with Crippen LogP contribution in [0.15, 0.2) is 55.1 Å². The van der Waals surface area contributed by atoms with Gasteiger partial charge >= 0.3 is 0 Å². The van der Waals surface area contributed by atoms with Gasteiger partial charge in [-0.2, -0.15) is 0 Å². The molecule has 120 valence electrons. The molecule has 1 amide bonds. The maximum Gasteiger partial charge on any atom is 0.262 e. The standard InChI is InChI=1S/C18H18FNO3/c1-3-6-13-9-10-16(17(11-13)22-2)23-12-18(21)20-15-8-5-4-7-14(15)19/h3-5,7-11H,1,6,12H2,2H3,(H,20,21). The molecule has 0 unspecified atom stereocenters. The van der Waals surface area contributed by atoms with Gasteiger partial charge in [-0.3, -0.25) is 4.79 Å². The van der Waals surface area contributed by atoms with E-state index in [4.69, 9.17) is 9.47 Å². The lowest BCUT2D eigenvalue weighted by Crippen LogP contribution is -2.21. The van der Waals surface area contributed by atoms with Crippen LogP contribution in [-0.4, -0.2) is 19.6 Å². The minimum atomic E-state index is -0.493. The van der Waals surface area contributed by atoms with Crippen LogP contribution in [0, 0.1) is 5.82 Å². The van der Waals surface area contributed by atoms with Crippen molar-refractivity contribution in [1.29, 1.82) is 0 Å². The first-order valence-electron chi connectivity index (χ1n) is 7.09. The van der Waals surface area contributed by atoms with Crippen LogP contribution in [0.1, 0.15) is 5.56 Å². The van der Waals surface area contributed by atoms with Crippen molar-refractivity contribution in [2.75, 3.05) is 19.0 Å². The van der Waals surface area contributed by atoms with Crippen LogP contribution in [0.2, 0.25) is 0 Å². The zero-order valence-corrected chi connectivity index (χ0v) is 12.8. The Balaban J connectivity index is 1.98. The first kappa shape index (κ1) is 16.5. The predicted molar refractivity (Wildman–Crippen MR) is 87.4 cm³/mol. The van der Waals surface area contributed by atoms with Gasteiger partial charge in [-0.05, 0) is 36.2 Å². The van der Waals surface area contributed by atoms with Gasteiger partial charge in [-0.1, -0.05) is 24.3 Å². The van der Waals surface area contributed by atoms with E-state index in [-0.39, 0.29) is 12.3 Å². The number of amides is 1. The number of carbonyl (C=O) groups is 1. The fraction of sp³-hybridized carbons (Fsp3) is 0.167. The third-order valence-electron chi connectivity index (χ3n) is 3.11. The Hall–Kier alpha value is -2.82. The average Bonchev–Trinajstić information content (AvgIpc) is 2.56. The number of methoxy groups -OCH3 is 1. The van der Waals surface area contributed by atoms with Crippen molar-refractivity contribution in [1.82, 2.24) is 0 Å². The molecule has 0 radical (unpaired) electrons. The molecule has 0 aliphatic heterocycles. The van der Waals surface area contributed by atoms with E-state index >= 15 is 0 Å². The molecule has 2 aromatic carbocycles. The highest BCUT2D eigenvalue weighted by atomic mass is 19.1. The molecule has 5 heteroatoms. The van der Waals surface area contributed by atoms with E-state index in [2.05, 4.69) is 11.9 Å². The number of rotatable bonds is 7. The predicted octanol–water partition coefficient (Wildman–Crippen LogP) is 3.58. The van der Waals surface area contributed by atoms with Gasteiger partial charge in [0.25, 0.3) is 5.91 Å². The Morgan fingerprint density at radius 1 is 1.26 bits per heavy atom. The van der Waals surface area contributed by atoms with Crippen molar-refractivity contribution in [2.24, 2.45) is 0 Å². The summed E-state index contributed by atoms with van der Waals surface area (Å²) in [7, 11) is 1.53. The van der Waals surface area contributed by atoms with Crippen LogP contribution >= 0.6 is 0 Å². The zero-order chi connectivity index (χ0) is 16.7.